The molecule has 4 heterocycles. The second-order valence-corrected chi connectivity index (χ2v) is 11.3. The van der Waals surface area contributed by atoms with Crippen LogP contribution in [0.2, 0.25) is 5.02 Å². The number of aliphatic hydroxyl groups is 1. The van der Waals surface area contributed by atoms with Crippen LogP contribution in [0, 0.1) is 0 Å². The van der Waals surface area contributed by atoms with Gasteiger partial charge < -0.3 is 15.3 Å². The average molecular weight is 479 g/mol. The second kappa shape index (κ2) is 7.56. The summed E-state index contributed by atoms with van der Waals surface area (Å²) in [6.45, 7) is 0.703. The maximum Gasteiger partial charge on any atom is 0.227 e. The molecule has 5 unspecified atom stereocenters. The smallest absolute Gasteiger partial charge is 0.227 e. The Labute approximate surface area is 192 Å². The lowest BCUT2D eigenvalue weighted by atomic mass is 9.77. The van der Waals surface area contributed by atoms with Gasteiger partial charge in [0, 0.05) is 30.1 Å². The SMILES string of the molecule is O=S1c2c(NC3(CO)CCC3)nc(N3CCC(c4ncc(Cl)cn4)C(F)C3)nc2C2CC21. The molecule has 11 heteroatoms. The summed E-state index contributed by atoms with van der Waals surface area (Å²) >= 11 is 5.86. The molecule has 2 aliphatic carbocycles. The normalized spacial score (nSPS) is 32.1. The Morgan fingerprint density at radius 3 is 2.72 bits per heavy atom. The zero-order valence-electron chi connectivity index (χ0n) is 17.4. The number of fused-ring (bicyclic) bond motifs is 3. The highest BCUT2D eigenvalue weighted by Crippen LogP contribution is 2.56. The van der Waals surface area contributed by atoms with Gasteiger partial charge in [-0.1, -0.05) is 11.6 Å². The average Bonchev–Trinajstić information content (AvgIpc) is 3.52. The number of piperidine rings is 1. The lowest BCUT2D eigenvalue weighted by molar-refractivity contribution is 0.143. The molecular formula is C21H24ClFN6O2S. The van der Waals surface area contributed by atoms with Crippen molar-refractivity contribution in [1.29, 1.82) is 0 Å². The van der Waals surface area contributed by atoms with Crippen molar-refractivity contribution in [2.24, 2.45) is 0 Å². The highest BCUT2D eigenvalue weighted by molar-refractivity contribution is 7.86. The highest BCUT2D eigenvalue weighted by Gasteiger charge is 2.55. The van der Waals surface area contributed by atoms with Crippen LogP contribution in [0.1, 0.15) is 55.5 Å². The van der Waals surface area contributed by atoms with Crippen LogP contribution < -0.4 is 10.2 Å². The molecule has 0 aromatic carbocycles. The van der Waals surface area contributed by atoms with Crippen molar-refractivity contribution in [1.82, 2.24) is 19.9 Å². The van der Waals surface area contributed by atoms with Gasteiger partial charge in [-0.2, -0.15) is 4.98 Å². The van der Waals surface area contributed by atoms with E-state index < -0.39 is 28.4 Å². The van der Waals surface area contributed by atoms with E-state index in [9.17, 15) is 9.32 Å². The van der Waals surface area contributed by atoms with E-state index in [2.05, 4.69) is 15.3 Å². The van der Waals surface area contributed by atoms with E-state index in [4.69, 9.17) is 21.6 Å². The van der Waals surface area contributed by atoms with Gasteiger partial charge in [0.05, 0.1) is 46.1 Å². The molecule has 0 amide bonds. The van der Waals surface area contributed by atoms with Crippen molar-refractivity contribution in [3.63, 3.8) is 0 Å². The Bertz CT molecular complexity index is 1080. The zero-order chi connectivity index (χ0) is 22.0. The first-order valence-electron chi connectivity index (χ1n) is 11.1. The quantitative estimate of drug-likeness (QED) is 0.675. The molecule has 5 atom stereocenters. The number of aromatic nitrogens is 4. The third-order valence-electron chi connectivity index (χ3n) is 7.23. The van der Waals surface area contributed by atoms with Gasteiger partial charge in [0.2, 0.25) is 5.95 Å². The maximum absolute atomic E-state index is 15.2. The molecule has 32 heavy (non-hydrogen) atoms. The van der Waals surface area contributed by atoms with E-state index in [1.165, 1.54) is 12.4 Å². The number of hydrogen-bond acceptors (Lipinski definition) is 8. The van der Waals surface area contributed by atoms with Crippen LogP contribution >= 0.6 is 11.6 Å². The molecule has 2 saturated carbocycles. The predicted molar refractivity (Wildman–Crippen MR) is 118 cm³/mol. The number of halogens is 2. The van der Waals surface area contributed by atoms with Gasteiger partial charge in [0.1, 0.15) is 22.7 Å². The second-order valence-electron chi connectivity index (χ2n) is 9.30. The number of nitrogens with one attached hydrogen (secondary N) is 1. The first-order chi connectivity index (χ1) is 15.5. The first kappa shape index (κ1) is 20.7. The largest absolute Gasteiger partial charge is 0.394 e. The fourth-order valence-corrected chi connectivity index (χ4v) is 6.95. The van der Waals surface area contributed by atoms with E-state index >= 15 is 4.39 Å². The summed E-state index contributed by atoms with van der Waals surface area (Å²) in [5.74, 6) is 1.26. The number of rotatable bonds is 5. The van der Waals surface area contributed by atoms with Crippen molar-refractivity contribution in [3.05, 3.63) is 28.9 Å². The van der Waals surface area contributed by atoms with Crippen molar-refractivity contribution in [2.45, 2.75) is 65.8 Å². The summed E-state index contributed by atoms with van der Waals surface area (Å²) in [7, 11) is -1.14. The van der Waals surface area contributed by atoms with Crippen LogP contribution in [-0.2, 0) is 10.8 Å². The summed E-state index contributed by atoms with van der Waals surface area (Å²) < 4.78 is 28.1. The lowest BCUT2D eigenvalue weighted by Crippen LogP contribution is -2.49. The van der Waals surface area contributed by atoms with Crippen LogP contribution in [0.4, 0.5) is 16.2 Å². The fraction of sp³-hybridized carbons (Fsp3) is 0.619. The topological polar surface area (TPSA) is 104 Å². The zero-order valence-corrected chi connectivity index (χ0v) is 18.9. The first-order valence-corrected chi connectivity index (χ1v) is 12.6. The number of alkyl halides is 1. The van der Waals surface area contributed by atoms with Crippen LogP contribution in [0.15, 0.2) is 17.3 Å². The van der Waals surface area contributed by atoms with Crippen molar-refractivity contribution in [2.75, 3.05) is 29.9 Å². The summed E-state index contributed by atoms with van der Waals surface area (Å²) in [6, 6.07) is 0. The Morgan fingerprint density at radius 1 is 1.28 bits per heavy atom. The molecule has 2 N–H and O–H groups in total. The van der Waals surface area contributed by atoms with Gasteiger partial charge in [-0.3, -0.25) is 4.21 Å². The van der Waals surface area contributed by atoms with Gasteiger partial charge in [0.25, 0.3) is 0 Å². The molecular weight excluding hydrogens is 455 g/mol. The minimum atomic E-state index is -1.17. The van der Waals surface area contributed by atoms with Crippen molar-refractivity contribution >= 4 is 34.2 Å². The molecule has 8 nitrogen and oxygen atoms in total. The van der Waals surface area contributed by atoms with Crippen LogP contribution in [0.3, 0.4) is 0 Å². The van der Waals surface area contributed by atoms with Gasteiger partial charge in [0.15, 0.2) is 0 Å². The molecule has 4 aliphatic rings. The van der Waals surface area contributed by atoms with E-state index in [1.54, 1.807) is 0 Å². The molecule has 0 spiro atoms. The monoisotopic (exact) mass is 478 g/mol. The molecule has 170 valence electrons. The molecule has 2 aromatic rings. The number of nitrogens with zero attached hydrogens (tertiary/aromatic N) is 5. The Morgan fingerprint density at radius 2 is 2.06 bits per heavy atom. The maximum atomic E-state index is 15.2. The number of hydrogen-bond donors (Lipinski definition) is 2. The number of anilines is 2. The van der Waals surface area contributed by atoms with E-state index in [0.29, 0.717) is 40.5 Å². The summed E-state index contributed by atoms with van der Waals surface area (Å²) in [5.41, 5.74) is 0.407. The van der Waals surface area contributed by atoms with Gasteiger partial charge >= 0.3 is 0 Å². The molecule has 3 fully saturated rings. The minimum absolute atomic E-state index is 0.000355. The molecule has 1 saturated heterocycles. The van der Waals surface area contributed by atoms with Gasteiger partial charge in [-0.15, -0.1) is 0 Å². The third-order valence-corrected chi connectivity index (χ3v) is 9.30. The lowest BCUT2D eigenvalue weighted by Gasteiger charge is -2.42. The van der Waals surface area contributed by atoms with Gasteiger partial charge in [-0.25, -0.2) is 19.3 Å². The molecule has 2 aliphatic heterocycles. The van der Waals surface area contributed by atoms with Crippen molar-refractivity contribution < 1.29 is 13.7 Å². The molecule has 0 radical (unpaired) electrons. The molecule has 0 bridgehead atoms. The Kier molecular flexibility index (Phi) is 4.89. The van der Waals surface area contributed by atoms with Gasteiger partial charge in [-0.05, 0) is 32.1 Å². The molecule has 6 rings (SSSR count). The van der Waals surface area contributed by atoms with Crippen LogP contribution in [0.5, 0.6) is 0 Å². The summed E-state index contributed by atoms with van der Waals surface area (Å²) in [6.07, 6.45) is 5.95. The molecule has 2 aromatic heterocycles. The number of aliphatic hydroxyl groups excluding tert-OH is 1. The fourth-order valence-electron chi connectivity index (χ4n) is 5.05. The van der Waals surface area contributed by atoms with E-state index in [0.717, 1.165) is 31.4 Å². The van der Waals surface area contributed by atoms with Crippen LogP contribution in [-0.4, -0.2) is 65.9 Å². The van der Waals surface area contributed by atoms with E-state index in [-0.39, 0.29) is 24.3 Å². The van der Waals surface area contributed by atoms with Crippen LogP contribution in [0.25, 0.3) is 0 Å². The highest BCUT2D eigenvalue weighted by atomic mass is 35.5. The Balaban J connectivity index is 1.29. The third kappa shape index (κ3) is 3.30. The Hall–Kier alpha value is -1.91. The van der Waals surface area contributed by atoms with E-state index in [1.807, 2.05) is 4.90 Å². The standard InChI is InChI=1S/C21H24ClFN6O2S/c22-11-7-24-18(25-8-11)12-2-5-29(9-14(12)23)20-26-16-13-6-15(13)32(31)17(16)19(27-20)28-21(10-30)3-1-4-21/h7-8,12-15,30H,1-6,9-10H2,(H,26,27,28). The summed E-state index contributed by atoms with van der Waals surface area (Å²) in [4.78, 5) is 20.4. The predicted octanol–water partition coefficient (Wildman–Crippen LogP) is 2.56. The van der Waals surface area contributed by atoms with Crippen molar-refractivity contribution in [3.8, 4) is 0 Å². The summed E-state index contributed by atoms with van der Waals surface area (Å²) in [5, 5.41) is 13.9. The minimum Gasteiger partial charge on any atom is -0.394 e.